The highest BCUT2D eigenvalue weighted by Crippen LogP contribution is 2.19. The molecule has 1 heterocycles. The third-order valence-electron chi connectivity index (χ3n) is 4.15. The molecule has 0 spiro atoms. The Balaban J connectivity index is 1.62. The number of sulfonamides is 1. The van der Waals surface area contributed by atoms with Gasteiger partial charge in [-0.2, -0.15) is 4.31 Å². The molecule has 0 amide bonds. The van der Waals surface area contributed by atoms with Gasteiger partial charge in [-0.15, -0.1) is 0 Å². The second-order valence-electron chi connectivity index (χ2n) is 5.90. The van der Waals surface area contributed by atoms with Crippen LogP contribution in [0.2, 0.25) is 0 Å². The fourth-order valence-corrected chi connectivity index (χ4v) is 4.39. The Hall–Kier alpha value is -2.17. The molecule has 27 heavy (non-hydrogen) atoms. The van der Waals surface area contributed by atoms with Gasteiger partial charge in [-0.25, -0.2) is 21.6 Å². The van der Waals surface area contributed by atoms with Gasteiger partial charge in [-0.3, -0.25) is 0 Å². The molecule has 1 fully saturated rings. The van der Waals surface area contributed by atoms with Crippen molar-refractivity contribution in [1.29, 1.82) is 0 Å². The number of rotatable bonds is 3. The average Bonchev–Trinajstić information content (AvgIpc) is 2.64. The molecule has 0 atom stereocenters. The highest BCUT2D eigenvalue weighted by atomic mass is 32.2. The zero-order valence-electron chi connectivity index (χ0n) is 14.0. The maximum atomic E-state index is 13.7. The van der Waals surface area contributed by atoms with Gasteiger partial charge in [0.25, 0.3) is 0 Å². The quantitative estimate of drug-likeness (QED) is 0.782. The predicted molar refractivity (Wildman–Crippen MR) is 99.3 cm³/mol. The van der Waals surface area contributed by atoms with E-state index in [9.17, 15) is 21.6 Å². The number of piperazine rings is 1. The van der Waals surface area contributed by atoms with Gasteiger partial charge in [0.2, 0.25) is 10.0 Å². The van der Waals surface area contributed by atoms with Crippen molar-refractivity contribution in [2.24, 2.45) is 0 Å². The monoisotopic (exact) mass is 415 g/mol. The van der Waals surface area contributed by atoms with E-state index in [1.54, 1.807) is 4.90 Å². The summed E-state index contributed by atoms with van der Waals surface area (Å²) >= 11 is 5.23. The van der Waals surface area contributed by atoms with Gasteiger partial charge >= 0.3 is 0 Å². The molecule has 1 N–H and O–H groups in total. The molecule has 0 saturated carbocycles. The molecule has 0 bridgehead atoms. The lowest BCUT2D eigenvalue weighted by Crippen LogP contribution is -2.51. The summed E-state index contributed by atoms with van der Waals surface area (Å²) in [5.41, 5.74) is 0.0442. The van der Waals surface area contributed by atoms with E-state index in [0.29, 0.717) is 13.1 Å². The summed E-state index contributed by atoms with van der Waals surface area (Å²) in [5, 5.41) is 2.93. The SMILES string of the molecule is O=S(=O)(c1ccc(F)cc1)N1CCN(C(=S)Nc2ccc(F)cc2F)CC1. The average molecular weight is 415 g/mol. The lowest BCUT2D eigenvalue weighted by Gasteiger charge is -2.35. The van der Waals surface area contributed by atoms with Crippen LogP contribution in [-0.2, 0) is 10.0 Å². The van der Waals surface area contributed by atoms with E-state index in [1.807, 2.05) is 0 Å². The molecule has 10 heteroatoms. The molecule has 144 valence electrons. The third-order valence-corrected chi connectivity index (χ3v) is 6.42. The minimum Gasteiger partial charge on any atom is -0.346 e. The normalized spacial score (nSPS) is 15.6. The number of anilines is 1. The van der Waals surface area contributed by atoms with Crippen LogP contribution in [0.1, 0.15) is 0 Å². The molecule has 0 aromatic heterocycles. The zero-order chi connectivity index (χ0) is 19.6. The summed E-state index contributed by atoms with van der Waals surface area (Å²) in [6.07, 6.45) is 0. The summed E-state index contributed by atoms with van der Waals surface area (Å²) in [4.78, 5) is 1.72. The number of hydrogen-bond acceptors (Lipinski definition) is 3. The van der Waals surface area contributed by atoms with Crippen LogP contribution in [-0.4, -0.2) is 48.9 Å². The molecule has 3 rings (SSSR count). The van der Waals surface area contributed by atoms with Crippen molar-refractivity contribution in [2.45, 2.75) is 4.90 Å². The van der Waals surface area contributed by atoms with E-state index in [0.717, 1.165) is 24.3 Å². The van der Waals surface area contributed by atoms with Crippen LogP contribution < -0.4 is 5.32 Å². The Morgan fingerprint density at radius 1 is 0.926 bits per heavy atom. The summed E-state index contributed by atoms with van der Waals surface area (Å²) < 4.78 is 66.2. The molecule has 0 aliphatic carbocycles. The van der Waals surface area contributed by atoms with Crippen LogP contribution in [0.4, 0.5) is 18.9 Å². The maximum Gasteiger partial charge on any atom is 0.243 e. The van der Waals surface area contributed by atoms with Crippen molar-refractivity contribution in [3.05, 3.63) is 59.9 Å². The van der Waals surface area contributed by atoms with Crippen LogP contribution >= 0.6 is 12.2 Å². The van der Waals surface area contributed by atoms with Crippen molar-refractivity contribution in [2.75, 3.05) is 31.5 Å². The van der Waals surface area contributed by atoms with Crippen LogP contribution in [0.3, 0.4) is 0 Å². The lowest BCUT2D eigenvalue weighted by atomic mass is 10.3. The Labute approximate surface area is 160 Å². The van der Waals surface area contributed by atoms with Crippen LogP contribution in [0.15, 0.2) is 47.4 Å². The van der Waals surface area contributed by atoms with Crippen molar-refractivity contribution >= 4 is 33.0 Å². The van der Waals surface area contributed by atoms with Crippen molar-refractivity contribution in [1.82, 2.24) is 9.21 Å². The smallest absolute Gasteiger partial charge is 0.243 e. The number of nitrogens with one attached hydrogen (secondary N) is 1. The van der Waals surface area contributed by atoms with Crippen LogP contribution in [0, 0.1) is 17.5 Å². The molecule has 1 aliphatic rings. The maximum absolute atomic E-state index is 13.7. The van der Waals surface area contributed by atoms with Crippen molar-refractivity contribution < 1.29 is 21.6 Å². The van der Waals surface area contributed by atoms with Gasteiger partial charge in [-0.05, 0) is 48.6 Å². The standard InChI is InChI=1S/C17H16F3N3O2S2/c18-12-1-4-14(5-2-12)27(24,25)23-9-7-22(8-10-23)17(26)21-16-6-3-13(19)11-15(16)20/h1-6,11H,7-10H2,(H,21,26). The first-order valence-corrected chi connectivity index (χ1v) is 9.89. The first kappa shape index (κ1) is 19.6. The molecular weight excluding hydrogens is 399 g/mol. The Bertz CT molecular complexity index is 944. The van der Waals surface area contributed by atoms with Crippen LogP contribution in [0.5, 0.6) is 0 Å². The van der Waals surface area contributed by atoms with E-state index in [2.05, 4.69) is 5.32 Å². The van der Waals surface area contributed by atoms with E-state index in [1.165, 1.54) is 22.5 Å². The molecular formula is C17H16F3N3O2S2. The molecule has 0 radical (unpaired) electrons. The van der Waals surface area contributed by atoms with Crippen LogP contribution in [0.25, 0.3) is 0 Å². The third kappa shape index (κ3) is 4.40. The van der Waals surface area contributed by atoms with E-state index >= 15 is 0 Å². The van der Waals surface area contributed by atoms with Gasteiger partial charge in [0.1, 0.15) is 17.5 Å². The minimum atomic E-state index is -3.72. The number of nitrogens with zero attached hydrogens (tertiary/aromatic N) is 2. The van der Waals surface area contributed by atoms with Gasteiger partial charge < -0.3 is 10.2 Å². The Kier molecular flexibility index (Phi) is 5.68. The van der Waals surface area contributed by atoms with Crippen molar-refractivity contribution in [3.63, 3.8) is 0 Å². The molecule has 1 saturated heterocycles. The number of benzene rings is 2. The fourth-order valence-electron chi connectivity index (χ4n) is 2.67. The predicted octanol–water partition coefficient (Wildman–Crippen LogP) is 2.81. The Morgan fingerprint density at radius 3 is 2.11 bits per heavy atom. The van der Waals surface area contributed by atoms with Gasteiger partial charge in [-0.1, -0.05) is 0 Å². The molecule has 2 aromatic rings. The Morgan fingerprint density at radius 2 is 1.52 bits per heavy atom. The largest absolute Gasteiger partial charge is 0.346 e. The number of thiocarbonyl (C=S) groups is 1. The topological polar surface area (TPSA) is 52.7 Å². The second kappa shape index (κ2) is 7.83. The van der Waals surface area contributed by atoms with Gasteiger partial charge in [0.15, 0.2) is 5.11 Å². The minimum absolute atomic E-state index is 0.0198. The van der Waals surface area contributed by atoms with E-state index in [-0.39, 0.29) is 28.8 Å². The second-order valence-corrected chi connectivity index (χ2v) is 8.22. The molecule has 1 aliphatic heterocycles. The first-order valence-electron chi connectivity index (χ1n) is 8.04. The summed E-state index contributed by atoms with van der Waals surface area (Å²) in [6.45, 7) is 0.949. The highest BCUT2D eigenvalue weighted by Gasteiger charge is 2.29. The summed E-state index contributed by atoms with van der Waals surface area (Å²) in [6, 6.07) is 7.74. The van der Waals surface area contributed by atoms with Crippen molar-refractivity contribution in [3.8, 4) is 0 Å². The summed E-state index contributed by atoms with van der Waals surface area (Å²) in [5.74, 6) is -1.97. The van der Waals surface area contributed by atoms with Gasteiger partial charge in [0, 0.05) is 32.2 Å². The first-order chi connectivity index (χ1) is 12.8. The van der Waals surface area contributed by atoms with Gasteiger partial charge in [0.05, 0.1) is 10.6 Å². The lowest BCUT2D eigenvalue weighted by molar-refractivity contribution is 0.268. The zero-order valence-corrected chi connectivity index (χ0v) is 15.7. The molecule has 0 unspecified atom stereocenters. The van der Waals surface area contributed by atoms with E-state index < -0.39 is 27.5 Å². The number of halogens is 3. The summed E-state index contributed by atoms with van der Waals surface area (Å²) in [7, 11) is -3.72. The van der Waals surface area contributed by atoms with E-state index in [4.69, 9.17) is 12.2 Å². The number of hydrogen-bond donors (Lipinski definition) is 1. The molecule has 5 nitrogen and oxygen atoms in total. The highest BCUT2D eigenvalue weighted by molar-refractivity contribution is 7.89. The fraction of sp³-hybridized carbons (Fsp3) is 0.235. The molecule has 2 aromatic carbocycles.